The molecule has 1 rings (SSSR count). The maximum atomic E-state index is 11.4. The highest BCUT2D eigenvalue weighted by molar-refractivity contribution is 6.29. The summed E-state index contributed by atoms with van der Waals surface area (Å²) in [6.45, 7) is 0. The zero-order valence-corrected chi connectivity index (χ0v) is 9.42. The van der Waals surface area contributed by atoms with E-state index in [0.717, 1.165) is 0 Å². The van der Waals surface area contributed by atoms with Gasteiger partial charge in [0, 0.05) is 0 Å². The molecule has 10 heteroatoms. The predicted molar refractivity (Wildman–Crippen MR) is 62.0 cm³/mol. The Kier molecular flexibility index (Phi) is 5.26. The number of nitrogens with two attached hydrogens (primary N) is 3. The Balaban J connectivity index is 0.00000225. The average molecular weight is 266 g/mol. The maximum Gasteiger partial charge on any atom is 0.293 e. The summed E-state index contributed by atoms with van der Waals surface area (Å²) < 4.78 is 0. The summed E-state index contributed by atoms with van der Waals surface area (Å²) in [7, 11) is 0. The van der Waals surface area contributed by atoms with Gasteiger partial charge in [-0.3, -0.25) is 4.79 Å². The second-order valence-corrected chi connectivity index (χ2v) is 2.79. The number of hydrogen-bond donors (Lipinski definition) is 4. The SMILES string of the molecule is Cl.NC(N)=NNC(=O)c1nc(Cl)cnc1N. The Morgan fingerprint density at radius 2 is 2.12 bits per heavy atom. The van der Waals surface area contributed by atoms with Crippen LogP contribution in [-0.4, -0.2) is 21.8 Å². The molecule has 0 saturated heterocycles. The maximum absolute atomic E-state index is 11.4. The van der Waals surface area contributed by atoms with Crippen molar-refractivity contribution in [3.8, 4) is 0 Å². The minimum absolute atomic E-state index is 0. The van der Waals surface area contributed by atoms with E-state index in [1.807, 2.05) is 5.43 Å². The number of carbonyl (C=O) groups is 1. The van der Waals surface area contributed by atoms with E-state index in [1.54, 1.807) is 0 Å². The van der Waals surface area contributed by atoms with E-state index in [4.69, 9.17) is 28.8 Å². The fraction of sp³-hybridized carbons (Fsp3) is 0. The minimum atomic E-state index is -0.698. The van der Waals surface area contributed by atoms with E-state index >= 15 is 0 Å². The lowest BCUT2D eigenvalue weighted by Crippen LogP contribution is -2.29. The van der Waals surface area contributed by atoms with E-state index in [0.29, 0.717) is 0 Å². The molecule has 0 spiro atoms. The fourth-order valence-corrected chi connectivity index (χ4v) is 0.846. The van der Waals surface area contributed by atoms with Gasteiger partial charge in [-0.15, -0.1) is 17.5 Å². The molecule has 1 aromatic rings. The van der Waals surface area contributed by atoms with Gasteiger partial charge >= 0.3 is 0 Å². The number of nitrogens with zero attached hydrogens (tertiary/aromatic N) is 3. The van der Waals surface area contributed by atoms with Gasteiger partial charge in [-0.05, 0) is 0 Å². The first-order valence-corrected chi connectivity index (χ1v) is 4.05. The minimum Gasteiger partial charge on any atom is -0.382 e. The third kappa shape index (κ3) is 3.75. The summed E-state index contributed by atoms with van der Waals surface area (Å²) in [4.78, 5) is 18.7. The van der Waals surface area contributed by atoms with Crippen LogP contribution in [0.2, 0.25) is 5.15 Å². The summed E-state index contributed by atoms with van der Waals surface area (Å²) in [5.74, 6) is -1.06. The third-order valence-electron chi connectivity index (χ3n) is 1.27. The molecule has 0 aliphatic carbocycles. The van der Waals surface area contributed by atoms with Crippen molar-refractivity contribution in [3.05, 3.63) is 17.0 Å². The van der Waals surface area contributed by atoms with Gasteiger partial charge in [0.1, 0.15) is 5.15 Å². The highest BCUT2D eigenvalue weighted by atomic mass is 35.5. The van der Waals surface area contributed by atoms with Crippen LogP contribution in [0.25, 0.3) is 0 Å². The Labute approximate surface area is 102 Å². The van der Waals surface area contributed by atoms with Crippen molar-refractivity contribution in [2.75, 3.05) is 5.73 Å². The zero-order valence-electron chi connectivity index (χ0n) is 7.85. The molecule has 0 saturated carbocycles. The lowest BCUT2D eigenvalue weighted by atomic mass is 10.4. The van der Waals surface area contributed by atoms with Crippen LogP contribution in [0.1, 0.15) is 10.5 Å². The van der Waals surface area contributed by atoms with Crippen LogP contribution in [0.4, 0.5) is 5.82 Å². The molecule has 0 fully saturated rings. The molecule has 0 atom stereocenters. The Hall–Kier alpha value is -1.80. The number of halogens is 2. The van der Waals surface area contributed by atoms with Crippen molar-refractivity contribution >= 4 is 41.7 Å². The molecule has 1 aromatic heterocycles. The topological polar surface area (TPSA) is 145 Å². The van der Waals surface area contributed by atoms with E-state index in [1.165, 1.54) is 6.20 Å². The third-order valence-corrected chi connectivity index (χ3v) is 1.46. The molecule has 0 radical (unpaired) electrons. The lowest BCUT2D eigenvalue weighted by Gasteiger charge is -2.02. The van der Waals surface area contributed by atoms with Crippen molar-refractivity contribution in [2.24, 2.45) is 16.6 Å². The van der Waals surface area contributed by atoms with Gasteiger partial charge in [0.25, 0.3) is 5.91 Å². The zero-order chi connectivity index (χ0) is 11.4. The summed E-state index contributed by atoms with van der Waals surface area (Å²) >= 11 is 5.53. The van der Waals surface area contributed by atoms with Gasteiger partial charge in [0.2, 0.25) is 5.96 Å². The molecule has 88 valence electrons. The Morgan fingerprint density at radius 1 is 1.50 bits per heavy atom. The summed E-state index contributed by atoms with van der Waals surface area (Å²) in [6.07, 6.45) is 1.22. The number of aromatic nitrogens is 2. The Bertz CT molecular complexity index is 417. The number of guanidine groups is 1. The molecule has 0 aliphatic rings. The van der Waals surface area contributed by atoms with Gasteiger partial charge in [0.15, 0.2) is 11.5 Å². The number of nitrogens with one attached hydrogen (secondary N) is 1. The van der Waals surface area contributed by atoms with Crippen molar-refractivity contribution in [1.29, 1.82) is 0 Å². The molecular weight excluding hydrogens is 257 g/mol. The molecule has 0 aliphatic heterocycles. The van der Waals surface area contributed by atoms with E-state index in [9.17, 15) is 4.79 Å². The first-order valence-electron chi connectivity index (χ1n) is 3.67. The van der Waals surface area contributed by atoms with E-state index < -0.39 is 5.91 Å². The highest BCUT2D eigenvalue weighted by Crippen LogP contribution is 2.09. The second kappa shape index (κ2) is 5.93. The first kappa shape index (κ1) is 14.2. The quantitative estimate of drug-likeness (QED) is 0.308. The summed E-state index contributed by atoms with van der Waals surface area (Å²) in [5.41, 5.74) is 17.3. The summed E-state index contributed by atoms with van der Waals surface area (Å²) in [5, 5.41) is 3.32. The standard InChI is InChI=1S/C6H8ClN7O.ClH/c7-2-1-11-4(8)3(12-2)5(15)13-14-6(9)10;/h1H,(H2,8,11)(H,13,15)(H4,9,10,14);1H. The molecule has 0 aromatic carbocycles. The Morgan fingerprint density at radius 3 is 2.69 bits per heavy atom. The average Bonchev–Trinajstić information content (AvgIpc) is 2.18. The highest BCUT2D eigenvalue weighted by Gasteiger charge is 2.12. The van der Waals surface area contributed by atoms with Crippen LogP contribution >= 0.6 is 24.0 Å². The molecule has 7 N–H and O–H groups in total. The number of rotatable bonds is 2. The molecule has 1 amide bonds. The van der Waals surface area contributed by atoms with Crippen molar-refractivity contribution in [3.63, 3.8) is 0 Å². The molecule has 16 heavy (non-hydrogen) atoms. The van der Waals surface area contributed by atoms with E-state index in [-0.39, 0.29) is 35.0 Å². The first-order chi connectivity index (χ1) is 7.00. The van der Waals surface area contributed by atoms with Crippen molar-refractivity contribution in [1.82, 2.24) is 15.4 Å². The number of hydrazone groups is 1. The van der Waals surface area contributed by atoms with Gasteiger partial charge < -0.3 is 17.2 Å². The largest absolute Gasteiger partial charge is 0.382 e. The van der Waals surface area contributed by atoms with Gasteiger partial charge in [-0.2, -0.15) is 0 Å². The number of carbonyl (C=O) groups excluding carboxylic acids is 1. The monoisotopic (exact) mass is 265 g/mol. The number of anilines is 1. The van der Waals surface area contributed by atoms with Crippen LogP contribution in [0.3, 0.4) is 0 Å². The second-order valence-electron chi connectivity index (χ2n) is 2.40. The normalized spacial score (nSPS) is 8.81. The number of nitrogen functional groups attached to an aromatic ring is 1. The molecule has 1 heterocycles. The molecule has 0 bridgehead atoms. The number of hydrogen-bond acceptors (Lipinski definition) is 5. The predicted octanol–water partition coefficient (Wildman–Crippen LogP) is -0.948. The van der Waals surface area contributed by atoms with Crippen LogP contribution < -0.4 is 22.6 Å². The van der Waals surface area contributed by atoms with Crippen LogP contribution in [0.15, 0.2) is 11.3 Å². The smallest absolute Gasteiger partial charge is 0.293 e. The summed E-state index contributed by atoms with van der Waals surface area (Å²) in [6, 6.07) is 0. The van der Waals surface area contributed by atoms with Gasteiger partial charge in [-0.25, -0.2) is 15.4 Å². The lowest BCUT2D eigenvalue weighted by molar-refractivity contribution is 0.0950. The van der Waals surface area contributed by atoms with Crippen LogP contribution in [0.5, 0.6) is 0 Å². The van der Waals surface area contributed by atoms with Crippen molar-refractivity contribution in [2.45, 2.75) is 0 Å². The fourth-order valence-electron chi connectivity index (χ4n) is 0.712. The van der Waals surface area contributed by atoms with Gasteiger partial charge in [-0.1, -0.05) is 11.6 Å². The van der Waals surface area contributed by atoms with Gasteiger partial charge in [0.05, 0.1) is 6.20 Å². The van der Waals surface area contributed by atoms with Crippen molar-refractivity contribution < 1.29 is 4.79 Å². The molecule has 0 unspecified atom stereocenters. The molecule has 8 nitrogen and oxygen atoms in total. The van der Waals surface area contributed by atoms with E-state index in [2.05, 4.69) is 15.1 Å². The van der Waals surface area contributed by atoms with Crippen LogP contribution in [-0.2, 0) is 0 Å². The number of amides is 1. The molecular formula is C6H9Cl2N7O. The van der Waals surface area contributed by atoms with Crippen LogP contribution in [0, 0.1) is 0 Å².